The van der Waals surface area contributed by atoms with E-state index >= 15 is 0 Å². The Morgan fingerprint density at radius 3 is 2.45 bits per heavy atom. The van der Waals surface area contributed by atoms with Crippen molar-refractivity contribution in [1.29, 1.82) is 0 Å². The summed E-state index contributed by atoms with van der Waals surface area (Å²) in [7, 11) is 0. The summed E-state index contributed by atoms with van der Waals surface area (Å²) in [5.41, 5.74) is 7.38. The molecule has 122 valence electrons. The highest BCUT2D eigenvalue weighted by Gasteiger charge is 2.25. The van der Waals surface area contributed by atoms with Crippen LogP contribution in [0.25, 0.3) is 0 Å². The van der Waals surface area contributed by atoms with Gasteiger partial charge in [-0.25, -0.2) is 9.78 Å². The molecule has 1 fully saturated rings. The highest BCUT2D eigenvalue weighted by molar-refractivity contribution is 5.68. The second-order valence-corrected chi connectivity index (χ2v) is 6.72. The zero-order valence-corrected chi connectivity index (χ0v) is 13.9. The van der Waals surface area contributed by atoms with E-state index in [2.05, 4.69) is 9.88 Å². The third-order valence-corrected chi connectivity index (χ3v) is 3.63. The number of carbonyl (C=O) groups is 1. The van der Waals surface area contributed by atoms with Crippen molar-refractivity contribution in [3.8, 4) is 0 Å². The number of nitrogens with zero attached hydrogens (tertiary/aromatic N) is 3. The topological polar surface area (TPSA) is 71.7 Å². The third-order valence-electron chi connectivity index (χ3n) is 3.63. The summed E-state index contributed by atoms with van der Waals surface area (Å²) in [4.78, 5) is 20.4. The second kappa shape index (κ2) is 6.52. The van der Waals surface area contributed by atoms with E-state index in [1.807, 2.05) is 39.8 Å². The highest BCUT2D eigenvalue weighted by atomic mass is 16.6. The molecule has 1 saturated heterocycles. The third kappa shape index (κ3) is 4.59. The minimum Gasteiger partial charge on any atom is -0.444 e. The molecule has 2 heterocycles. The summed E-state index contributed by atoms with van der Waals surface area (Å²) in [6, 6.07) is 3.86. The van der Waals surface area contributed by atoms with Crippen LogP contribution in [-0.2, 0) is 11.3 Å². The Morgan fingerprint density at radius 1 is 1.27 bits per heavy atom. The number of piperazine rings is 1. The summed E-state index contributed by atoms with van der Waals surface area (Å²) in [5, 5.41) is 0. The van der Waals surface area contributed by atoms with Crippen LogP contribution in [0.15, 0.2) is 12.1 Å². The number of ether oxygens (including phenoxy) is 1. The van der Waals surface area contributed by atoms with Crippen molar-refractivity contribution in [2.24, 2.45) is 0 Å². The number of hydrogen-bond donors (Lipinski definition) is 1. The molecule has 0 spiro atoms. The summed E-state index contributed by atoms with van der Waals surface area (Å²) in [6.07, 6.45) is -0.225. The molecule has 1 amide bonds. The van der Waals surface area contributed by atoms with E-state index in [0.29, 0.717) is 18.9 Å². The molecule has 0 bridgehead atoms. The van der Waals surface area contributed by atoms with Gasteiger partial charge in [0, 0.05) is 38.4 Å². The lowest BCUT2D eigenvalue weighted by atomic mass is 10.1. The second-order valence-electron chi connectivity index (χ2n) is 6.72. The molecule has 1 aliphatic heterocycles. The first kappa shape index (κ1) is 16.5. The fourth-order valence-electron chi connectivity index (χ4n) is 2.43. The van der Waals surface area contributed by atoms with Gasteiger partial charge in [-0.3, -0.25) is 4.90 Å². The molecule has 6 nitrogen and oxygen atoms in total. The normalized spacial score (nSPS) is 16.6. The molecule has 0 saturated carbocycles. The molecule has 0 radical (unpaired) electrons. The lowest BCUT2D eigenvalue weighted by molar-refractivity contribution is 0.0139. The van der Waals surface area contributed by atoms with Crippen molar-refractivity contribution >= 4 is 11.9 Å². The Balaban J connectivity index is 1.86. The molecule has 0 unspecified atom stereocenters. The van der Waals surface area contributed by atoms with Gasteiger partial charge in [-0.2, -0.15) is 0 Å². The van der Waals surface area contributed by atoms with Crippen molar-refractivity contribution in [2.75, 3.05) is 31.9 Å². The summed E-state index contributed by atoms with van der Waals surface area (Å²) < 4.78 is 5.41. The van der Waals surface area contributed by atoms with Crippen LogP contribution in [0, 0.1) is 6.92 Å². The lowest BCUT2D eigenvalue weighted by Gasteiger charge is -2.35. The maximum Gasteiger partial charge on any atom is 0.410 e. The van der Waals surface area contributed by atoms with E-state index in [4.69, 9.17) is 10.5 Å². The van der Waals surface area contributed by atoms with Crippen molar-refractivity contribution in [2.45, 2.75) is 39.8 Å². The Hall–Kier alpha value is -1.82. The number of nitrogen functional groups attached to an aromatic ring is 1. The number of aryl methyl sites for hydroxylation is 1. The number of carbonyl (C=O) groups excluding carboxylic acids is 1. The van der Waals surface area contributed by atoms with Gasteiger partial charge in [-0.15, -0.1) is 0 Å². The van der Waals surface area contributed by atoms with E-state index in [1.165, 1.54) is 5.56 Å². The van der Waals surface area contributed by atoms with Crippen molar-refractivity contribution in [1.82, 2.24) is 14.8 Å². The van der Waals surface area contributed by atoms with Crippen LogP contribution in [0.4, 0.5) is 10.6 Å². The Kier molecular flexibility index (Phi) is 4.90. The molecular weight excluding hydrogens is 280 g/mol. The van der Waals surface area contributed by atoms with Crippen molar-refractivity contribution < 1.29 is 9.53 Å². The van der Waals surface area contributed by atoms with E-state index in [1.54, 1.807) is 4.90 Å². The maximum atomic E-state index is 12.0. The van der Waals surface area contributed by atoms with Crippen LogP contribution in [0.2, 0.25) is 0 Å². The fourth-order valence-corrected chi connectivity index (χ4v) is 2.43. The maximum absolute atomic E-state index is 12.0. The minimum absolute atomic E-state index is 0.225. The zero-order valence-electron chi connectivity index (χ0n) is 13.9. The fraction of sp³-hybridized carbons (Fsp3) is 0.625. The zero-order chi connectivity index (χ0) is 16.3. The van der Waals surface area contributed by atoms with Gasteiger partial charge in [-0.1, -0.05) is 6.07 Å². The Bertz CT molecular complexity index is 531. The smallest absolute Gasteiger partial charge is 0.410 e. The standard InChI is InChI=1S/C16H26N4O2/c1-12-13(5-6-14(17)18-12)11-19-7-9-20(10-8-19)15(21)22-16(2,3)4/h5-6H,7-11H2,1-4H3,(H2,17,18). The van der Waals surface area contributed by atoms with Crippen LogP contribution in [0.3, 0.4) is 0 Å². The molecule has 6 heteroatoms. The average molecular weight is 306 g/mol. The molecule has 1 aromatic heterocycles. The Morgan fingerprint density at radius 2 is 1.91 bits per heavy atom. The molecule has 0 aromatic carbocycles. The van der Waals surface area contributed by atoms with Crippen molar-refractivity contribution in [3.05, 3.63) is 23.4 Å². The van der Waals surface area contributed by atoms with Gasteiger partial charge < -0.3 is 15.4 Å². The quantitative estimate of drug-likeness (QED) is 0.905. The molecule has 1 aromatic rings. The first-order valence-corrected chi connectivity index (χ1v) is 7.67. The molecule has 0 atom stereocenters. The lowest BCUT2D eigenvalue weighted by Crippen LogP contribution is -2.49. The van der Waals surface area contributed by atoms with Gasteiger partial charge in [0.05, 0.1) is 0 Å². The van der Waals surface area contributed by atoms with Crippen LogP contribution in [0.5, 0.6) is 0 Å². The van der Waals surface area contributed by atoms with E-state index in [9.17, 15) is 4.79 Å². The van der Waals surface area contributed by atoms with Gasteiger partial charge in [-0.05, 0) is 39.3 Å². The van der Waals surface area contributed by atoms with Crippen LogP contribution < -0.4 is 5.73 Å². The van der Waals surface area contributed by atoms with Crippen molar-refractivity contribution in [3.63, 3.8) is 0 Å². The largest absolute Gasteiger partial charge is 0.444 e. The Labute approximate surface area is 132 Å². The molecule has 22 heavy (non-hydrogen) atoms. The first-order valence-electron chi connectivity index (χ1n) is 7.67. The first-order chi connectivity index (χ1) is 10.2. The monoisotopic (exact) mass is 306 g/mol. The number of nitrogens with two attached hydrogens (primary N) is 1. The summed E-state index contributed by atoms with van der Waals surface area (Å²) in [5.74, 6) is 0.552. The van der Waals surface area contributed by atoms with Crippen LogP contribution in [-0.4, -0.2) is 52.7 Å². The average Bonchev–Trinajstić information content (AvgIpc) is 2.41. The van der Waals surface area contributed by atoms with Crippen LogP contribution >= 0.6 is 0 Å². The number of pyridine rings is 1. The number of aromatic nitrogens is 1. The molecule has 0 aliphatic carbocycles. The molecule has 2 rings (SSSR count). The summed E-state index contributed by atoms with van der Waals surface area (Å²) >= 11 is 0. The number of anilines is 1. The SMILES string of the molecule is Cc1nc(N)ccc1CN1CCN(C(=O)OC(C)(C)C)CC1. The predicted molar refractivity (Wildman–Crippen MR) is 86.5 cm³/mol. The highest BCUT2D eigenvalue weighted by Crippen LogP contribution is 2.15. The van der Waals surface area contributed by atoms with Crippen LogP contribution in [0.1, 0.15) is 32.0 Å². The predicted octanol–water partition coefficient (Wildman–Crippen LogP) is 2.02. The van der Waals surface area contributed by atoms with Gasteiger partial charge in [0.15, 0.2) is 0 Å². The van der Waals surface area contributed by atoms with E-state index in [-0.39, 0.29) is 6.09 Å². The van der Waals surface area contributed by atoms with Gasteiger partial charge in [0.2, 0.25) is 0 Å². The van der Waals surface area contributed by atoms with Gasteiger partial charge in [0.1, 0.15) is 11.4 Å². The number of hydrogen-bond acceptors (Lipinski definition) is 5. The van der Waals surface area contributed by atoms with E-state index in [0.717, 1.165) is 25.3 Å². The number of rotatable bonds is 2. The van der Waals surface area contributed by atoms with E-state index < -0.39 is 5.60 Å². The molecule has 1 aliphatic rings. The van der Waals surface area contributed by atoms with Gasteiger partial charge in [0.25, 0.3) is 0 Å². The molecular formula is C16H26N4O2. The van der Waals surface area contributed by atoms with Gasteiger partial charge >= 0.3 is 6.09 Å². The number of amides is 1. The minimum atomic E-state index is -0.443. The molecule has 2 N–H and O–H groups in total. The summed E-state index contributed by atoms with van der Waals surface area (Å²) in [6.45, 7) is 11.5.